The SMILES string of the molecule is CCN(CC(C(N)=S)C(F)(F)F)C(C)COC. The summed E-state index contributed by atoms with van der Waals surface area (Å²) in [4.78, 5) is 1.14. The van der Waals surface area contributed by atoms with Gasteiger partial charge < -0.3 is 10.5 Å². The van der Waals surface area contributed by atoms with Gasteiger partial charge in [0.25, 0.3) is 0 Å². The van der Waals surface area contributed by atoms with Crippen LogP contribution >= 0.6 is 12.2 Å². The molecular weight excluding hydrogens is 253 g/mol. The van der Waals surface area contributed by atoms with E-state index in [2.05, 4.69) is 12.2 Å². The van der Waals surface area contributed by atoms with E-state index in [1.807, 2.05) is 0 Å². The second-order valence-electron chi connectivity index (χ2n) is 3.89. The lowest BCUT2D eigenvalue weighted by Crippen LogP contribution is -2.47. The predicted octanol–water partition coefficient (Wildman–Crippen LogP) is 1.81. The fourth-order valence-corrected chi connectivity index (χ4v) is 1.76. The number of rotatable bonds is 7. The number of likely N-dealkylation sites (N-methyl/N-ethyl adjacent to an activating group) is 1. The molecule has 3 nitrogen and oxygen atoms in total. The normalized spacial score (nSPS) is 15.9. The molecule has 2 unspecified atom stereocenters. The highest BCUT2D eigenvalue weighted by atomic mass is 32.1. The van der Waals surface area contributed by atoms with Crippen LogP contribution in [0.15, 0.2) is 0 Å². The van der Waals surface area contributed by atoms with Gasteiger partial charge in [0.15, 0.2) is 0 Å². The van der Waals surface area contributed by atoms with Gasteiger partial charge in [0.05, 0.1) is 11.6 Å². The lowest BCUT2D eigenvalue weighted by Gasteiger charge is -2.31. The first-order valence-electron chi connectivity index (χ1n) is 5.33. The minimum atomic E-state index is -4.40. The third-order valence-corrected chi connectivity index (χ3v) is 2.88. The van der Waals surface area contributed by atoms with E-state index in [4.69, 9.17) is 10.5 Å². The number of nitrogens with zero attached hydrogens (tertiary/aromatic N) is 1. The third-order valence-electron chi connectivity index (χ3n) is 2.59. The van der Waals surface area contributed by atoms with Gasteiger partial charge in [-0.25, -0.2) is 0 Å². The standard InChI is InChI=1S/C10H19F3N2OS/c1-4-15(7(2)6-16-3)5-8(9(14)17)10(11,12)13/h7-8H,4-6H2,1-3H3,(H2,14,17). The van der Waals surface area contributed by atoms with Gasteiger partial charge >= 0.3 is 6.18 Å². The topological polar surface area (TPSA) is 38.5 Å². The van der Waals surface area contributed by atoms with Gasteiger partial charge in [0, 0.05) is 19.7 Å². The molecule has 2 N–H and O–H groups in total. The van der Waals surface area contributed by atoms with E-state index in [0.29, 0.717) is 13.2 Å². The smallest absolute Gasteiger partial charge is 0.393 e. The Morgan fingerprint density at radius 2 is 2.00 bits per heavy atom. The summed E-state index contributed by atoms with van der Waals surface area (Å²) < 4.78 is 43.0. The number of halogens is 3. The highest BCUT2D eigenvalue weighted by molar-refractivity contribution is 7.80. The van der Waals surface area contributed by atoms with Crippen molar-refractivity contribution in [2.24, 2.45) is 11.7 Å². The maximum Gasteiger partial charge on any atom is 0.399 e. The minimum absolute atomic E-state index is 0.107. The summed E-state index contributed by atoms with van der Waals surface area (Å²) in [5.41, 5.74) is 5.15. The number of thiocarbonyl (C=S) groups is 1. The summed E-state index contributed by atoms with van der Waals surface area (Å²) in [5, 5.41) is 0. The number of alkyl halides is 3. The molecule has 0 aliphatic carbocycles. The van der Waals surface area contributed by atoms with Crippen LogP contribution in [0.25, 0.3) is 0 Å². The Hall–Kier alpha value is -0.400. The Labute approximate surface area is 105 Å². The summed E-state index contributed by atoms with van der Waals surface area (Å²) in [5.74, 6) is -1.77. The molecule has 0 aliphatic rings. The van der Waals surface area contributed by atoms with Crippen molar-refractivity contribution in [3.8, 4) is 0 Å². The Morgan fingerprint density at radius 3 is 2.29 bits per heavy atom. The largest absolute Gasteiger partial charge is 0.399 e. The number of methoxy groups -OCH3 is 1. The number of hydrogen-bond donors (Lipinski definition) is 1. The summed E-state index contributed by atoms with van der Waals surface area (Å²) in [6.45, 7) is 4.23. The van der Waals surface area contributed by atoms with Gasteiger partial charge in [0.2, 0.25) is 0 Å². The average molecular weight is 272 g/mol. The fourth-order valence-electron chi connectivity index (χ4n) is 1.56. The molecule has 0 rings (SSSR count). The molecule has 0 heterocycles. The first-order chi connectivity index (χ1) is 7.73. The van der Waals surface area contributed by atoms with E-state index in [1.165, 1.54) is 7.11 Å². The molecule has 7 heteroatoms. The van der Waals surface area contributed by atoms with Crippen molar-refractivity contribution < 1.29 is 17.9 Å². The monoisotopic (exact) mass is 272 g/mol. The lowest BCUT2D eigenvalue weighted by molar-refractivity contribution is -0.160. The van der Waals surface area contributed by atoms with Crippen molar-refractivity contribution in [2.45, 2.75) is 26.1 Å². The molecule has 17 heavy (non-hydrogen) atoms. The molecule has 0 saturated carbocycles. The molecule has 102 valence electrons. The predicted molar refractivity (Wildman–Crippen MR) is 64.9 cm³/mol. The van der Waals surface area contributed by atoms with E-state index < -0.39 is 17.1 Å². The fraction of sp³-hybridized carbons (Fsp3) is 0.900. The van der Waals surface area contributed by atoms with E-state index in [0.717, 1.165) is 0 Å². The molecule has 0 saturated heterocycles. The number of ether oxygens (including phenoxy) is 1. The van der Waals surface area contributed by atoms with Crippen molar-refractivity contribution in [1.82, 2.24) is 4.90 Å². The molecule has 0 aromatic carbocycles. The molecule has 0 aliphatic heterocycles. The van der Waals surface area contributed by atoms with Crippen molar-refractivity contribution in [3.05, 3.63) is 0 Å². The van der Waals surface area contributed by atoms with Gasteiger partial charge in [0.1, 0.15) is 5.92 Å². The second kappa shape index (κ2) is 7.13. The van der Waals surface area contributed by atoms with E-state index in [1.54, 1.807) is 18.7 Å². The Balaban J connectivity index is 4.66. The maximum atomic E-state index is 12.7. The zero-order chi connectivity index (χ0) is 13.6. The average Bonchev–Trinajstić information content (AvgIpc) is 2.16. The molecular formula is C10H19F3N2OS. The van der Waals surface area contributed by atoms with Crippen LogP contribution in [0.2, 0.25) is 0 Å². The molecule has 0 amide bonds. The molecule has 0 bridgehead atoms. The van der Waals surface area contributed by atoms with Crippen molar-refractivity contribution in [3.63, 3.8) is 0 Å². The van der Waals surface area contributed by atoms with Gasteiger partial charge in [-0.15, -0.1) is 0 Å². The van der Waals surface area contributed by atoms with Crippen molar-refractivity contribution >= 4 is 17.2 Å². The summed E-state index contributed by atoms with van der Waals surface area (Å²) in [6.07, 6.45) is -4.40. The molecule has 2 atom stereocenters. The highest BCUT2D eigenvalue weighted by Crippen LogP contribution is 2.27. The van der Waals surface area contributed by atoms with E-state index >= 15 is 0 Å². The Kier molecular flexibility index (Phi) is 6.96. The van der Waals surface area contributed by atoms with Crippen LogP contribution in [-0.2, 0) is 4.74 Å². The van der Waals surface area contributed by atoms with Gasteiger partial charge in [-0.1, -0.05) is 19.1 Å². The summed E-state index contributed by atoms with van der Waals surface area (Å²) >= 11 is 4.48. The summed E-state index contributed by atoms with van der Waals surface area (Å²) in [6, 6.07) is -0.107. The first-order valence-corrected chi connectivity index (χ1v) is 5.73. The van der Waals surface area contributed by atoms with Crippen LogP contribution in [0.4, 0.5) is 13.2 Å². The molecule has 0 radical (unpaired) electrons. The molecule has 0 spiro atoms. The summed E-state index contributed by atoms with van der Waals surface area (Å²) in [7, 11) is 1.51. The Bertz CT molecular complexity index is 248. The van der Waals surface area contributed by atoms with Crippen molar-refractivity contribution in [2.75, 3.05) is 26.8 Å². The first kappa shape index (κ1) is 16.6. The lowest BCUT2D eigenvalue weighted by atomic mass is 10.1. The molecule has 0 aromatic rings. The van der Waals surface area contributed by atoms with E-state index in [-0.39, 0.29) is 12.6 Å². The van der Waals surface area contributed by atoms with Gasteiger partial charge in [-0.2, -0.15) is 13.2 Å². The quantitative estimate of drug-likeness (QED) is 0.717. The zero-order valence-electron chi connectivity index (χ0n) is 10.3. The second-order valence-corrected chi connectivity index (χ2v) is 4.36. The number of hydrogen-bond acceptors (Lipinski definition) is 3. The minimum Gasteiger partial charge on any atom is -0.393 e. The highest BCUT2D eigenvalue weighted by Gasteiger charge is 2.42. The van der Waals surface area contributed by atoms with Gasteiger partial charge in [-0.3, -0.25) is 4.90 Å². The van der Waals surface area contributed by atoms with Crippen LogP contribution in [0.3, 0.4) is 0 Å². The van der Waals surface area contributed by atoms with Crippen LogP contribution < -0.4 is 5.73 Å². The van der Waals surface area contributed by atoms with Crippen LogP contribution in [0, 0.1) is 5.92 Å². The molecule has 0 aromatic heterocycles. The van der Waals surface area contributed by atoms with Crippen LogP contribution in [0.5, 0.6) is 0 Å². The van der Waals surface area contributed by atoms with Crippen molar-refractivity contribution in [1.29, 1.82) is 0 Å². The van der Waals surface area contributed by atoms with Crippen LogP contribution in [0.1, 0.15) is 13.8 Å². The van der Waals surface area contributed by atoms with E-state index in [9.17, 15) is 13.2 Å². The number of nitrogens with two attached hydrogens (primary N) is 1. The van der Waals surface area contributed by atoms with Gasteiger partial charge in [-0.05, 0) is 13.5 Å². The Morgan fingerprint density at radius 1 is 1.47 bits per heavy atom. The maximum absolute atomic E-state index is 12.7. The third kappa shape index (κ3) is 5.65. The zero-order valence-corrected chi connectivity index (χ0v) is 11.1. The van der Waals surface area contributed by atoms with Crippen LogP contribution in [-0.4, -0.2) is 48.9 Å². The molecule has 0 fully saturated rings.